The highest BCUT2D eigenvalue weighted by Crippen LogP contribution is 2.33. The van der Waals surface area contributed by atoms with Gasteiger partial charge in [-0.05, 0) is 36.8 Å². The minimum atomic E-state index is -0.940. The maximum Gasteiger partial charge on any atom is 0.328 e. The largest absolute Gasteiger partial charge is 0.467 e. The van der Waals surface area contributed by atoms with E-state index < -0.39 is 24.0 Å². The van der Waals surface area contributed by atoms with E-state index in [4.69, 9.17) is 4.74 Å². The first-order chi connectivity index (χ1) is 15.0. The Bertz CT molecular complexity index is 835. The number of benzene rings is 1. The molecule has 8 heteroatoms. The average molecular weight is 428 g/mol. The van der Waals surface area contributed by atoms with E-state index >= 15 is 0 Å². The van der Waals surface area contributed by atoms with Crippen molar-refractivity contribution in [2.24, 2.45) is 11.8 Å². The summed E-state index contributed by atoms with van der Waals surface area (Å²) in [6, 6.07) is 7.68. The molecule has 0 spiro atoms. The molecule has 2 fully saturated rings. The summed E-state index contributed by atoms with van der Waals surface area (Å²) in [5.74, 6) is -1.52. The van der Waals surface area contributed by atoms with Crippen LogP contribution in [0.15, 0.2) is 36.4 Å². The molecule has 1 saturated carbocycles. The van der Waals surface area contributed by atoms with Crippen LogP contribution < -0.4 is 16.0 Å². The molecular weight excluding hydrogens is 398 g/mol. The van der Waals surface area contributed by atoms with Crippen LogP contribution in [-0.2, 0) is 23.9 Å². The third-order valence-electron chi connectivity index (χ3n) is 5.61. The monoisotopic (exact) mass is 427 g/mol. The first-order valence-electron chi connectivity index (χ1n) is 10.7. The number of carbonyl (C=O) groups excluding carboxylic acids is 4. The Morgan fingerprint density at radius 3 is 2.45 bits per heavy atom. The van der Waals surface area contributed by atoms with Gasteiger partial charge in [-0.3, -0.25) is 14.4 Å². The minimum Gasteiger partial charge on any atom is -0.467 e. The van der Waals surface area contributed by atoms with E-state index in [0.717, 1.165) is 18.4 Å². The normalized spacial score (nSPS) is 20.0. The number of carbonyl (C=O) groups is 4. The Balaban J connectivity index is 1.62. The van der Waals surface area contributed by atoms with E-state index in [1.165, 1.54) is 13.2 Å². The maximum absolute atomic E-state index is 12.9. The van der Waals surface area contributed by atoms with Crippen LogP contribution in [0, 0.1) is 11.8 Å². The van der Waals surface area contributed by atoms with Gasteiger partial charge in [-0.1, -0.05) is 43.2 Å². The van der Waals surface area contributed by atoms with Gasteiger partial charge in [0, 0.05) is 18.5 Å². The maximum atomic E-state index is 12.9. The summed E-state index contributed by atoms with van der Waals surface area (Å²) in [6.45, 7) is 0.555. The Morgan fingerprint density at radius 2 is 1.84 bits per heavy atom. The Morgan fingerprint density at radius 1 is 1.10 bits per heavy atom. The van der Waals surface area contributed by atoms with Crippen LogP contribution in [0.2, 0.25) is 0 Å². The first-order valence-corrected chi connectivity index (χ1v) is 10.7. The van der Waals surface area contributed by atoms with Crippen LogP contribution in [0.3, 0.4) is 0 Å². The number of hydrogen-bond acceptors (Lipinski definition) is 5. The van der Waals surface area contributed by atoms with Gasteiger partial charge in [0.1, 0.15) is 12.1 Å². The van der Waals surface area contributed by atoms with Crippen LogP contribution >= 0.6 is 0 Å². The molecule has 0 unspecified atom stereocenters. The summed E-state index contributed by atoms with van der Waals surface area (Å²) < 4.78 is 4.82. The molecule has 1 saturated heterocycles. The fourth-order valence-electron chi connectivity index (χ4n) is 3.66. The van der Waals surface area contributed by atoms with E-state index in [1.807, 2.05) is 30.3 Å². The van der Waals surface area contributed by atoms with Crippen molar-refractivity contribution < 1.29 is 23.9 Å². The van der Waals surface area contributed by atoms with Gasteiger partial charge in [-0.15, -0.1) is 0 Å². The van der Waals surface area contributed by atoms with E-state index in [9.17, 15) is 19.2 Å². The Kier molecular flexibility index (Phi) is 7.81. The highest BCUT2D eigenvalue weighted by molar-refractivity contribution is 5.96. The molecule has 1 aliphatic carbocycles. The van der Waals surface area contributed by atoms with Gasteiger partial charge in [-0.2, -0.15) is 0 Å². The molecular formula is C23H29N3O5. The number of amides is 3. The number of ether oxygens (including phenoxy) is 1. The fourth-order valence-corrected chi connectivity index (χ4v) is 3.66. The lowest BCUT2D eigenvalue weighted by atomic mass is 9.98. The molecule has 8 nitrogen and oxygen atoms in total. The van der Waals surface area contributed by atoms with Gasteiger partial charge in [0.05, 0.1) is 7.11 Å². The predicted molar refractivity (Wildman–Crippen MR) is 114 cm³/mol. The second-order valence-corrected chi connectivity index (χ2v) is 8.08. The summed E-state index contributed by atoms with van der Waals surface area (Å²) in [5.41, 5.74) is 0.876. The number of hydrogen-bond donors (Lipinski definition) is 3. The molecule has 3 atom stereocenters. The Labute approximate surface area is 181 Å². The third-order valence-corrected chi connectivity index (χ3v) is 5.61. The molecule has 1 heterocycles. The quantitative estimate of drug-likeness (QED) is 0.383. The van der Waals surface area contributed by atoms with Gasteiger partial charge >= 0.3 is 5.97 Å². The molecule has 1 aliphatic heterocycles. The highest BCUT2D eigenvalue weighted by Gasteiger charge is 2.35. The number of rotatable bonds is 10. The van der Waals surface area contributed by atoms with Crippen LogP contribution in [0.25, 0.3) is 6.08 Å². The van der Waals surface area contributed by atoms with Crippen LogP contribution in [0.5, 0.6) is 0 Å². The van der Waals surface area contributed by atoms with Crippen molar-refractivity contribution in [3.63, 3.8) is 0 Å². The SMILES string of the molecule is COC(=O)[C@H](C[C@@H]1CCNC1=O)NC(=O)[C@H](CC1CC1)NC(=O)/C=C/c1ccccc1. The van der Waals surface area contributed by atoms with Crippen LogP contribution in [0.4, 0.5) is 0 Å². The number of nitrogens with one attached hydrogen (secondary N) is 3. The van der Waals surface area contributed by atoms with E-state index in [2.05, 4.69) is 16.0 Å². The van der Waals surface area contributed by atoms with Crippen molar-refractivity contribution in [3.8, 4) is 0 Å². The van der Waals surface area contributed by atoms with Gasteiger partial charge in [0.25, 0.3) is 0 Å². The van der Waals surface area contributed by atoms with Gasteiger partial charge < -0.3 is 20.7 Å². The zero-order chi connectivity index (χ0) is 22.2. The van der Waals surface area contributed by atoms with Gasteiger partial charge in [0.2, 0.25) is 17.7 Å². The van der Waals surface area contributed by atoms with Crippen molar-refractivity contribution in [2.45, 2.75) is 44.2 Å². The van der Waals surface area contributed by atoms with Crippen molar-refractivity contribution >= 4 is 29.8 Å². The highest BCUT2D eigenvalue weighted by atomic mass is 16.5. The molecule has 0 radical (unpaired) electrons. The summed E-state index contributed by atoms with van der Waals surface area (Å²) >= 11 is 0. The van der Waals surface area contributed by atoms with E-state index in [0.29, 0.717) is 25.3 Å². The first kappa shape index (κ1) is 22.5. The Hall–Kier alpha value is -3.16. The summed E-state index contributed by atoms with van der Waals surface area (Å²) in [7, 11) is 1.24. The molecule has 1 aromatic carbocycles. The van der Waals surface area contributed by atoms with Crippen molar-refractivity contribution in [2.75, 3.05) is 13.7 Å². The van der Waals surface area contributed by atoms with Crippen LogP contribution in [-0.4, -0.2) is 49.4 Å². The second kappa shape index (κ2) is 10.7. The fraction of sp³-hybridized carbons (Fsp3) is 0.478. The van der Waals surface area contributed by atoms with Gasteiger partial charge in [-0.25, -0.2) is 4.79 Å². The molecule has 0 bridgehead atoms. The topological polar surface area (TPSA) is 114 Å². The molecule has 0 aromatic heterocycles. The lowest BCUT2D eigenvalue weighted by Crippen LogP contribution is -2.52. The number of esters is 1. The minimum absolute atomic E-state index is 0.128. The molecule has 2 aliphatic rings. The molecule has 3 N–H and O–H groups in total. The van der Waals surface area contributed by atoms with Crippen molar-refractivity contribution in [3.05, 3.63) is 42.0 Å². The summed E-state index contributed by atoms with van der Waals surface area (Å²) in [6.07, 6.45) is 6.39. The smallest absolute Gasteiger partial charge is 0.328 e. The molecule has 31 heavy (non-hydrogen) atoms. The van der Waals surface area contributed by atoms with Gasteiger partial charge in [0.15, 0.2) is 0 Å². The lowest BCUT2D eigenvalue weighted by Gasteiger charge is -2.23. The number of methoxy groups -OCH3 is 1. The molecule has 3 amide bonds. The van der Waals surface area contributed by atoms with Crippen LogP contribution in [0.1, 0.15) is 37.7 Å². The molecule has 3 rings (SSSR count). The van der Waals surface area contributed by atoms with Crippen molar-refractivity contribution in [1.82, 2.24) is 16.0 Å². The third kappa shape index (κ3) is 6.94. The molecule has 1 aromatic rings. The summed E-state index contributed by atoms with van der Waals surface area (Å²) in [5, 5.41) is 8.18. The second-order valence-electron chi connectivity index (χ2n) is 8.08. The van der Waals surface area contributed by atoms with Crippen molar-refractivity contribution in [1.29, 1.82) is 0 Å². The predicted octanol–water partition coefficient (Wildman–Crippen LogP) is 1.17. The zero-order valence-corrected chi connectivity index (χ0v) is 17.6. The molecule has 166 valence electrons. The zero-order valence-electron chi connectivity index (χ0n) is 17.6. The average Bonchev–Trinajstić information content (AvgIpc) is 3.51. The van der Waals surface area contributed by atoms with E-state index in [1.54, 1.807) is 6.08 Å². The van der Waals surface area contributed by atoms with E-state index in [-0.39, 0.29) is 24.2 Å². The standard InChI is InChI=1S/C23H29N3O5/c1-31-23(30)19(14-17-11-12-24-21(17)28)26-22(29)18(13-16-7-8-16)25-20(27)10-9-15-5-3-2-4-6-15/h2-6,9-10,16-19H,7-8,11-14H2,1H3,(H,24,28)(H,25,27)(H,26,29)/b10-9+/t17-,18-,19-/m0/s1. The lowest BCUT2D eigenvalue weighted by molar-refractivity contribution is -0.146. The summed E-state index contributed by atoms with van der Waals surface area (Å²) in [4.78, 5) is 49.5.